The normalized spacial score (nSPS) is 15.3. The van der Waals surface area contributed by atoms with Crippen molar-refractivity contribution in [3.05, 3.63) is 46.7 Å². The van der Waals surface area contributed by atoms with Crippen LogP contribution in [0.2, 0.25) is 0 Å². The molecule has 1 aromatic carbocycles. The minimum atomic E-state index is 0.00367. The standard InChI is InChI=1S/C17H20BrN5O/c1-13-3-4-15(14(18)11-13)21-16(24)12-22-7-9-23(10-8-22)17-19-5-2-6-20-17/h2-6,11H,7-10,12H2,1H3,(H,21,24). The Bertz CT molecular complexity index is 701. The summed E-state index contributed by atoms with van der Waals surface area (Å²) in [7, 11) is 0. The lowest BCUT2D eigenvalue weighted by molar-refractivity contribution is -0.117. The third-order valence-corrected chi connectivity index (χ3v) is 4.63. The number of hydrogen-bond donors (Lipinski definition) is 1. The second kappa shape index (κ2) is 7.72. The molecule has 1 fully saturated rings. The number of carbonyl (C=O) groups excluding carboxylic acids is 1. The van der Waals surface area contributed by atoms with Gasteiger partial charge in [-0.1, -0.05) is 6.07 Å². The van der Waals surface area contributed by atoms with Crippen molar-refractivity contribution in [1.29, 1.82) is 0 Å². The summed E-state index contributed by atoms with van der Waals surface area (Å²) >= 11 is 3.49. The van der Waals surface area contributed by atoms with Gasteiger partial charge in [0.2, 0.25) is 11.9 Å². The van der Waals surface area contributed by atoms with Crippen molar-refractivity contribution in [2.24, 2.45) is 0 Å². The van der Waals surface area contributed by atoms with E-state index in [4.69, 9.17) is 0 Å². The van der Waals surface area contributed by atoms with Gasteiger partial charge in [-0.25, -0.2) is 9.97 Å². The van der Waals surface area contributed by atoms with Crippen LogP contribution in [0.5, 0.6) is 0 Å². The molecule has 0 aliphatic carbocycles. The zero-order valence-electron chi connectivity index (χ0n) is 13.6. The van der Waals surface area contributed by atoms with Crippen LogP contribution in [0.4, 0.5) is 11.6 Å². The van der Waals surface area contributed by atoms with Gasteiger partial charge in [0, 0.05) is 43.0 Å². The molecule has 6 nitrogen and oxygen atoms in total. The van der Waals surface area contributed by atoms with Gasteiger partial charge in [0.25, 0.3) is 0 Å². The highest BCUT2D eigenvalue weighted by Gasteiger charge is 2.20. The number of hydrogen-bond acceptors (Lipinski definition) is 5. The Balaban J connectivity index is 1.50. The molecular formula is C17H20BrN5O. The number of aryl methyl sites for hydroxylation is 1. The highest BCUT2D eigenvalue weighted by atomic mass is 79.9. The van der Waals surface area contributed by atoms with Crippen molar-refractivity contribution < 1.29 is 4.79 Å². The molecule has 0 radical (unpaired) electrons. The van der Waals surface area contributed by atoms with Gasteiger partial charge in [-0.2, -0.15) is 0 Å². The van der Waals surface area contributed by atoms with Gasteiger partial charge >= 0.3 is 0 Å². The average molecular weight is 390 g/mol. The third kappa shape index (κ3) is 4.30. The number of nitrogens with one attached hydrogen (secondary N) is 1. The minimum Gasteiger partial charge on any atom is -0.338 e. The van der Waals surface area contributed by atoms with Crippen molar-refractivity contribution in [2.45, 2.75) is 6.92 Å². The van der Waals surface area contributed by atoms with Crippen molar-refractivity contribution in [3.63, 3.8) is 0 Å². The smallest absolute Gasteiger partial charge is 0.238 e. The molecule has 1 amide bonds. The zero-order valence-corrected chi connectivity index (χ0v) is 15.2. The lowest BCUT2D eigenvalue weighted by Crippen LogP contribution is -2.49. The fourth-order valence-corrected chi connectivity index (χ4v) is 3.27. The van der Waals surface area contributed by atoms with Crippen LogP contribution < -0.4 is 10.2 Å². The number of anilines is 2. The van der Waals surface area contributed by atoms with Gasteiger partial charge < -0.3 is 10.2 Å². The first-order valence-corrected chi connectivity index (χ1v) is 8.71. The molecule has 7 heteroatoms. The predicted octanol–water partition coefficient (Wildman–Crippen LogP) is 2.31. The molecule has 126 valence electrons. The average Bonchev–Trinajstić information content (AvgIpc) is 2.59. The molecule has 0 spiro atoms. The summed E-state index contributed by atoms with van der Waals surface area (Å²) in [4.78, 5) is 25.1. The number of carbonyl (C=O) groups is 1. The van der Waals surface area contributed by atoms with E-state index >= 15 is 0 Å². The number of benzene rings is 1. The molecule has 2 heterocycles. The highest BCUT2D eigenvalue weighted by molar-refractivity contribution is 9.10. The maximum absolute atomic E-state index is 12.3. The molecule has 0 atom stereocenters. The molecule has 1 saturated heterocycles. The van der Waals surface area contributed by atoms with E-state index in [1.54, 1.807) is 12.4 Å². The third-order valence-electron chi connectivity index (χ3n) is 3.97. The first-order chi connectivity index (χ1) is 11.6. The second-order valence-corrected chi connectivity index (χ2v) is 6.70. The Morgan fingerprint density at radius 1 is 1.21 bits per heavy atom. The van der Waals surface area contributed by atoms with E-state index in [0.717, 1.165) is 47.9 Å². The number of nitrogens with zero attached hydrogens (tertiary/aromatic N) is 4. The summed E-state index contributed by atoms with van der Waals surface area (Å²) in [5.74, 6) is 0.758. The topological polar surface area (TPSA) is 61.4 Å². The Morgan fingerprint density at radius 2 is 1.92 bits per heavy atom. The van der Waals surface area contributed by atoms with E-state index in [-0.39, 0.29) is 5.91 Å². The fourth-order valence-electron chi connectivity index (χ4n) is 2.67. The van der Waals surface area contributed by atoms with Crippen LogP contribution in [0.25, 0.3) is 0 Å². The maximum atomic E-state index is 12.3. The number of piperazine rings is 1. The first kappa shape index (κ1) is 16.9. The van der Waals surface area contributed by atoms with Crippen LogP contribution in [0.3, 0.4) is 0 Å². The molecule has 0 unspecified atom stereocenters. The largest absolute Gasteiger partial charge is 0.338 e. The van der Waals surface area contributed by atoms with Crippen LogP contribution in [0.15, 0.2) is 41.1 Å². The molecule has 1 aliphatic heterocycles. The van der Waals surface area contributed by atoms with Gasteiger partial charge in [-0.05, 0) is 46.6 Å². The SMILES string of the molecule is Cc1ccc(NC(=O)CN2CCN(c3ncccn3)CC2)c(Br)c1. The lowest BCUT2D eigenvalue weighted by atomic mass is 10.2. The Kier molecular flexibility index (Phi) is 5.42. The maximum Gasteiger partial charge on any atom is 0.238 e. The number of aromatic nitrogens is 2. The summed E-state index contributed by atoms with van der Waals surface area (Å²) in [6.07, 6.45) is 3.50. The van der Waals surface area contributed by atoms with E-state index < -0.39 is 0 Å². The van der Waals surface area contributed by atoms with Crippen LogP contribution in [0.1, 0.15) is 5.56 Å². The monoisotopic (exact) mass is 389 g/mol. The van der Waals surface area contributed by atoms with Crippen LogP contribution >= 0.6 is 15.9 Å². The van der Waals surface area contributed by atoms with E-state index in [2.05, 4.69) is 41.0 Å². The molecule has 1 aliphatic rings. The fraction of sp³-hybridized carbons (Fsp3) is 0.353. The second-order valence-electron chi connectivity index (χ2n) is 5.84. The minimum absolute atomic E-state index is 0.00367. The molecule has 2 aromatic rings. The highest BCUT2D eigenvalue weighted by Crippen LogP contribution is 2.23. The molecule has 0 saturated carbocycles. The van der Waals surface area contributed by atoms with Crippen molar-refractivity contribution in [1.82, 2.24) is 14.9 Å². The van der Waals surface area contributed by atoms with Gasteiger partial charge in [-0.15, -0.1) is 0 Å². The van der Waals surface area contributed by atoms with E-state index in [9.17, 15) is 4.79 Å². The van der Waals surface area contributed by atoms with Crippen LogP contribution in [0, 0.1) is 6.92 Å². The van der Waals surface area contributed by atoms with Crippen LogP contribution in [-0.4, -0.2) is 53.5 Å². The van der Waals surface area contributed by atoms with Crippen molar-refractivity contribution >= 4 is 33.5 Å². The molecule has 1 N–H and O–H groups in total. The van der Waals surface area contributed by atoms with Gasteiger partial charge in [-0.3, -0.25) is 9.69 Å². The lowest BCUT2D eigenvalue weighted by Gasteiger charge is -2.34. The quantitative estimate of drug-likeness (QED) is 0.868. The van der Waals surface area contributed by atoms with Gasteiger partial charge in [0.05, 0.1) is 12.2 Å². The molecule has 3 rings (SSSR count). The molecular weight excluding hydrogens is 370 g/mol. The first-order valence-electron chi connectivity index (χ1n) is 7.92. The predicted molar refractivity (Wildman–Crippen MR) is 98.2 cm³/mol. The summed E-state index contributed by atoms with van der Waals surface area (Å²) in [6.45, 7) is 5.70. The molecule has 24 heavy (non-hydrogen) atoms. The summed E-state index contributed by atoms with van der Waals surface area (Å²) in [5, 5.41) is 2.96. The van der Waals surface area contributed by atoms with Crippen LogP contribution in [-0.2, 0) is 4.79 Å². The molecule has 1 aromatic heterocycles. The summed E-state index contributed by atoms with van der Waals surface area (Å²) in [6, 6.07) is 7.71. The van der Waals surface area contributed by atoms with E-state index in [1.807, 2.05) is 31.2 Å². The van der Waals surface area contributed by atoms with E-state index in [1.165, 1.54) is 0 Å². The molecule has 0 bridgehead atoms. The number of halogens is 1. The summed E-state index contributed by atoms with van der Waals surface area (Å²) < 4.78 is 0.905. The summed E-state index contributed by atoms with van der Waals surface area (Å²) in [5.41, 5.74) is 1.96. The Morgan fingerprint density at radius 3 is 2.58 bits per heavy atom. The van der Waals surface area contributed by atoms with Crippen molar-refractivity contribution in [3.8, 4) is 0 Å². The van der Waals surface area contributed by atoms with Gasteiger partial charge in [0.1, 0.15) is 0 Å². The van der Waals surface area contributed by atoms with E-state index in [0.29, 0.717) is 6.54 Å². The number of amides is 1. The Hall–Kier alpha value is -1.99. The zero-order chi connectivity index (χ0) is 16.9. The number of rotatable bonds is 4. The van der Waals surface area contributed by atoms with Gasteiger partial charge in [0.15, 0.2) is 0 Å². The Labute approximate surface area is 150 Å². The van der Waals surface area contributed by atoms with Crippen molar-refractivity contribution in [2.75, 3.05) is 42.9 Å².